The van der Waals surface area contributed by atoms with Gasteiger partial charge < -0.3 is 0 Å². The predicted octanol–water partition coefficient (Wildman–Crippen LogP) is 3.31. The SMILES string of the molecule is CCC1=CCC(C)C(C)=C1.[U]. The molecule has 0 aliphatic heterocycles. The van der Waals surface area contributed by atoms with Crippen LogP contribution in [0.1, 0.15) is 33.6 Å². The van der Waals surface area contributed by atoms with Crippen LogP contribution in [0, 0.1) is 37.0 Å². The van der Waals surface area contributed by atoms with Crippen LogP contribution in [0.4, 0.5) is 0 Å². The standard InChI is InChI=1S/C10H16.U/c1-4-10-6-5-8(2)9(3)7-10;/h6-8H,4-5H2,1-3H3;. The molecule has 0 radical (unpaired) electrons. The van der Waals surface area contributed by atoms with Crippen molar-refractivity contribution in [3.05, 3.63) is 23.3 Å². The Hall–Kier alpha value is 0.532. The van der Waals surface area contributed by atoms with Crippen LogP contribution in [0.2, 0.25) is 0 Å². The zero-order valence-corrected chi connectivity index (χ0v) is 11.8. The Bertz CT molecular complexity index is 177. The molecular weight excluding hydrogens is 358 g/mol. The molecule has 0 heterocycles. The van der Waals surface area contributed by atoms with Crippen molar-refractivity contribution in [2.24, 2.45) is 5.92 Å². The third kappa shape index (κ3) is 3.18. The summed E-state index contributed by atoms with van der Waals surface area (Å²) in [6, 6.07) is 0. The van der Waals surface area contributed by atoms with E-state index in [-0.39, 0.29) is 31.1 Å². The third-order valence-electron chi connectivity index (χ3n) is 2.33. The molecule has 60 valence electrons. The van der Waals surface area contributed by atoms with Gasteiger partial charge in [-0.25, -0.2) is 0 Å². The minimum absolute atomic E-state index is 0. The minimum atomic E-state index is 0. The topological polar surface area (TPSA) is 0 Å². The van der Waals surface area contributed by atoms with Gasteiger partial charge in [0.2, 0.25) is 0 Å². The van der Waals surface area contributed by atoms with E-state index in [2.05, 4.69) is 32.9 Å². The van der Waals surface area contributed by atoms with Crippen LogP contribution in [0.25, 0.3) is 0 Å². The Morgan fingerprint density at radius 3 is 2.64 bits per heavy atom. The van der Waals surface area contributed by atoms with Gasteiger partial charge in [-0.3, -0.25) is 0 Å². The van der Waals surface area contributed by atoms with Gasteiger partial charge in [0.25, 0.3) is 0 Å². The Morgan fingerprint density at radius 2 is 2.18 bits per heavy atom. The van der Waals surface area contributed by atoms with Gasteiger partial charge in [-0.1, -0.05) is 37.1 Å². The maximum absolute atomic E-state index is 2.36. The first kappa shape index (κ1) is 11.5. The molecule has 1 aliphatic rings. The van der Waals surface area contributed by atoms with Crippen LogP contribution in [0.15, 0.2) is 23.3 Å². The molecule has 1 aliphatic carbocycles. The first-order valence-electron chi connectivity index (χ1n) is 4.11. The van der Waals surface area contributed by atoms with Crippen LogP contribution >= 0.6 is 0 Å². The summed E-state index contributed by atoms with van der Waals surface area (Å²) in [4.78, 5) is 0. The summed E-state index contributed by atoms with van der Waals surface area (Å²) >= 11 is 0. The van der Waals surface area contributed by atoms with Crippen LogP contribution in [0.3, 0.4) is 0 Å². The molecule has 0 aromatic carbocycles. The molecule has 0 spiro atoms. The van der Waals surface area contributed by atoms with Gasteiger partial charge in [-0.05, 0) is 25.7 Å². The van der Waals surface area contributed by atoms with Crippen molar-refractivity contribution in [2.45, 2.75) is 33.6 Å². The second-order valence-electron chi connectivity index (χ2n) is 3.16. The van der Waals surface area contributed by atoms with Crippen molar-refractivity contribution in [3.8, 4) is 0 Å². The molecule has 0 N–H and O–H groups in total. The fourth-order valence-electron chi connectivity index (χ4n) is 1.25. The number of hydrogen-bond acceptors (Lipinski definition) is 0. The third-order valence-corrected chi connectivity index (χ3v) is 2.33. The van der Waals surface area contributed by atoms with Gasteiger partial charge in [0, 0.05) is 31.1 Å². The minimum Gasteiger partial charge on any atom is -0.0807 e. The molecule has 11 heavy (non-hydrogen) atoms. The second-order valence-corrected chi connectivity index (χ2v) is 3.16. The number of hydrogen-bond donors (Lipinski definition) is 0. The normalized spacial score (nSPS) is 23.4. The Morgan fingerprint density at radius 1 is 1.55 bits per heavy atom. The van der Waals surface area contributed by atoms with E-state index in [4.69, 9.17) is 0 Å². The summed E-state index contributed by atoms with van der Waals surface area (Å²) in [6.07, 6.45) is 7.11. The van der Waals surface area contributed by atoms with Gasteiger partial charge >= 0.3 is 0 Å². The first-order valence-corrected chi connectivity index (χ1v) is 4.11. The zero-order valence-electron chi connectivity index (χ0n) is 7.65. The van der Waals surface area contributed by atoms with Crippen molar-refractivity contribution >= 4 is 0 Å². The molecule has 1 rings (SSSR count). The van der Waals surface area contributed by atoms with Crippen LogP contribution in [-0.2, 0) is 0 Å². The molecule has 0 bridgehead atoms. The van der Waals surface area contributed by atoms with Gasteiger partial charge in [-0.2, -0.15) is 0 Å². The molecule has 0 saturated heterocycles. The molecule has 0 aromatic heterocycles. The average molecular weight is 374 g/mol. The first-order chi connectivity index (χ1) is 4.74. The van der Waals surface area contributed by atoms with E-state index in [1.54, 1.807) is 5.57 Å². The molecule has 1 heteroatoms. The molecule has 0 nitrogen and oxygen atoms in total. The van der Waals surface area contributed by atoms with Gasteiger partial charge in [0.15, 0.2) is 0 Å². The fourth-order valence-corrected chi connectivity index (χ4v) is 1.25. The maximum Gasteiger partial charge on any atom is 0 e. The van der Waals surface area contributed by atoms with E-state index in [0.717, 1.165) is 5.92 Å². The van der Waals surface area contributed by atoms with Gasteiger partial charge in [0.05, 0.1) is 0 Å². The maximum atomic E-state index is 2.36. The summed E-state index contributed by atoms with van der Waals surface area (Å²) in [5, 5.41) is 0. The van der Waals surface area contributed by atoms with E-state index in [0.29, 0.717) is 0 Å². The van der Waals surface area contributed by atoms with Crippen molar-refractivity contribution in [1.29, 1.82) is 0 Å². The summed E-state index contributed by atoms with van der Waals surface area (Å²) in [5.74, 6) is 0.773. The fraction of sp³-hybridized carbons (Fsp3) is 0.600. The van der Waals surface area contributed by atoms with Crippen molar-refractivity contribution < 1.29 is 31.1 Å². The molecular formula is C10H16U. The van der Waals surface area contributed by atoms with E-state index >= 15 is 0 Å². The molecule has 0 amide bonds. The van der Waals surface area contributed by atoms with Crippen molar-refractivity contribution in [3.63, 3.8) is 0 Å². The molecule has 1 atom stereocenters. The van der Waals surface area contributed by atoms with Crippen molar-refractivity contribution in [2.75, 3.05) is 0 Å². The summed E-state index contributed by atoms with van der Waals surface area (Å²) in [7, 11) is 0. The van der Waals surface area contributed by atoms with Gasteiger partial charge in [0.1, 0.15) is 0 Å². The number of allylic oxidation sites excluding steroid dienone is 4. The van der Waals surface area contributed by atoms with E-state index < -0.39 is 0 Å². The quantitative estimate of drug-likeness (QED) is 0.661. The van der Waals surface area contributed by atoms with Crippen LogP contribution in [-0.4, -0.2) is 0 Å². The average Bonchev–Trinajstić information content (AvgIpc) is 1.95. The smallest absolute Gasteiger partial charge is 0 e. The van der Waals surface area contributed by atoms with Crippen LogP contribution < -0.4 is 0 Å². The van der Waals surface area contributed by atoms with E-state index in [1.807, 2.05) is 0 Å². The number of rotatable bonds is 1. The molecule has 1 unspecified atom stereocenters. The second kappa shape index (κ2) is 5.23. The molecule has 0 saturated carbocycles. The Balaban J connectivity index is 0.000001000. The molecule has 0 fully saturated rings. The van der Waals surface area contributed by atoms with E-state index in [9.17, 15) is 0 Å². The summed E-state index contributed by atoms with van der Waals surface area (Å²) in [6.45, 7) is 6.73. The van der Waals surface area contributed by atoms with Gasteiger partial charge in [-0.15, -0.1) is 0 Å². The monoisotopic (exact) mass is 374 g/mol. The summed E-state index contributed by atoms with van der Waals surface area (Å²) in [5.41, 5.74) is 3.05. The summed E-state index contributed by atoms with van der Waals surface area (Å²) < 4.78 is 0. The van der Waals surface area contributed by atoms with Crippen molar-refractivity contribution in [1.82, 2.24) is 0 Å². The Labute approximate surface area is 93.5 Å². The predicted molar refractivity (Wildman–Crippen MR) is 45.9 cm³/mol. The zero-order chi connectivity index (χ0) is 7.56. The largest absolute Gasteiger partial charge is 0.0807 e. The van der Waals surface area contributed by atoms with E-state index in [1.165, 1.54) is 18.4 Å². The van der Waals surface area contributed by atoms with Crippen LogP contribution in [0.5, 0.6) is 0 Å². The Kier molecular flexibility index (Phi) is 5.48. The molecule has 0 aromatic rings.